The molecule has 0 radical (unpaired) electrons. The maximum atomic E-state index is 4.56. The second kappa shape index (κ2) is 9.16. The molecule has 9 heteroatoms. The van der Waals surface area contributed by atoms with Crippen LogP contribution in [0.25, 0.3) is 0 Å². The van der Waals surface area contributed by atoms with Crippen molar-refractivity contribution >= 4 is 29.9 Å². The Morgan fingerprint density at radius 3 is 2.52 bits per heavy atom. The van der Waals surface area contributed by atoms with Crippen molar-refractivity contribution in [3.05, 3.63) is 29.1 Å². The lowest BCUT2D eigenvalue weighted by molar-refractivity contribution is 0.471. The van der Waals surface area contributed by atoms with Crippen LogP contribution in [-0.2, 0) is 27.2 Å². The maximum Gasteiger partial charge on any atom is 0.194 e. The van der Waals surface area contributed by atoms with E-state index < -0.39 is 0 Å². The standard InChI is InChI=1S/C16H28N8.HI/c1-11(2)15-13(10-23(6)21-15)9-22(5)16(17-4)18-8-14-20-19-12(3)24(14)7;/h10-11H,8-9H2,1-7H3,(H,17,18);1H. The topological polar surface area (TPSA) is 76.2 Å². The predicted octanol–water partition coefficient (Wildman–Crippen LogP) is 1.81. The van der Waals surface area contributed by atoms with Crippen molar-refractivity contribution < 1.29 is 0 Å². The van der Waals surface area contributed by atoms with Gasteiger partial charge in [0.05, 0.1) is 12.2 Å². The SMILES string of the molecule is CN=C(NCc1nnc(C)n1C)N(C)Cc1cn(C)nc1C(C)C.I. The van der Waals surface area contributed by atoms with Gasteiger partial charge in [-0.25, -0.2) is 0 Å². The molecule has 0 aliphatic rings. The van der Waals surface area contributed by atoms with Crippen LogP contribution < -0.4 is 5.32 Å². The molecule has 2 heterocycles. The summed E-state index contributed by atoms with van der Waals surface area (Å²) in [6.07, 6.45) is 2.07. The quantitative estimate of drug-likeness (QED) is 0.419. The highest BCUT2D eigenvalue weighted by Gasteiger charge is 2.15. The number of nitrogens with one attached hydrogen (secondary N) is 1. The molecule has 2 aromatic heterocycles. The summed E-state index contributed by atoms with van der Waals surface area (Å²) < 4.78 is 3.84. The minimum absolute atomic E-state index is 0. The van der Waals surface area contributed by atoms with E-state index in [1.807, 2.05) is 37.3 Å². The second-order valence-corrected chi connectivity index (χ2v) is 6.35. The van der Waals surface area contributed by atoms with Gasteiger partial charge < -0.3 is 14.8 Å². The van der Waals surface area contributed by atoms with E-state index in [-0.39, 0.29) is 24.0 Å². The fraction of sp³-hybridized carbons (Fsp3) is 0.625. The van der Waals surface area contributed by atoms with Crippen molar-refractivity contribution in [1.82, 2.24) is 34.8 Å². The Balaban J connectivity index is 0.00000312. The fourth-order valence-corrected chi connectivity index (χ4v) is 2.64. The summed E-state index contributed by atoms with van der Waals surface area (Å²) in [5, 5.41) is 16.1. The van der Waals surface area contributed by atoms with Crippen LogP contribution in [0.2, 0.25) is 0 Å². The second-order valence-electron chi connectivity index (χ2n) is 6.35. The molecule has 0 atom stereocenters. The Morgan fingerprint density at radius 2 is 2.00 bits per heavy atom. The molecule has 0 aliphatic carbocycles. The van der Waals surface area contributed by atoms with Gasteiger partial charge in [-0.15, -0.1) is 34.2 Å². The summed E-state index contributed by atoms with van der Waals surface area (Å²) in [5.74, 6) is 2.98. The molecule has 2 aromatic rings. The average molecular weight is 460 g/mol. The zero-order valence-corrected chi connectivity index (χ0v) is 18.4. The number of aliphatic imine (C=N–C) groups is 1. The van der Waals surface area contributed by atoms with Crippen LogP contribution in [0.4, 0.5) is 0 Å². The van der Waals surface area contributed by atoms with Crippen molar-refractivity contribution in [1.29, 1.82) is 0 Å². The molecular formula is C16H29IN8. The summed E-state index contributed by atoms with van der Waals surface area (Å²) in [7, 11) is 7.73. The predicted molar refractivity (Wildman–Crippen MR) is 110 cm³/mol. The van der Waals surface area contributed by atoms with Crippen molar-refractivity contribution in [2.24, 2.45) is 19.1 Å². The molecular weight excluding hydrogens is 431 g/mol. The van der Waals surface area contributed by atoms with Gasteiger partial charge in [-0.05, 0) is 12.8 Å². The van der Waals surface area contributed by atoms with Crippen LogP contribution in [-0.4, -0.2) is 49.5 Å². The van der Waals surface area contributed by atoms with E-state index in [2.05, 4.69) is 50.5 Å². The van der Waals surface area contributed by atoms with Gasteiger partial charge in [0.2, 0.25) is 0 Å². The third-order valence-corrected chi connectivity index (χ3v) is 4.05. The highest BCUT2D eigenvalue weighted by Crippen LogP contribution is 2.18. The highest BCUT2D eigenvalue weighted by atomic mass is 127. The fourth-order valence-electron chi connectivity index (χ4n) is 2.64. The molecule has 0 fully saturated rings. The smallest absolute Gasteiger partial charge is 0.194 e. The number of rotatable bonds is 5. The van der Waals surface area contributed by atoms with E-state index in [4.69, 9.17) is 0 Å². The molecule has 2 rings (SSSR count). The van der Waals surface area contributed by atoms with Gasteiger partial charge in [0.25, 0.3) is 0 Å². The number of aromatic nitrogens is 5. The number of hydrogen-bond acceptors (Lipinski definition) is 4. The van der Waals surface area contributed by atoms with Gasteiger partial charge in [0, 0.05) is 46.5 Å². The van der Waals surface area contributed by atoms with E-state index in [0.29, 0.717) is 12.5 Å². The minimum Gasteiger partial charge on any atom is -0.349 e. The lowest BCUT2D eigenvalue weighted by atomic mass is 10.1. The van der Waals surface area contributed by atoms with E-state index in [0.717, 1.165) is 29.8 Å². The molecule has 0 bridgehead atoms. The van der Waals surface area contributed by atoms with Crippen LogP contribution in [0.3, 0.4) is 0 Å². The Labute approximate surface area is 166 Å². The van der Waals surface area contributed by atoms with Gasteiger partial charge in [-0.2, -0.15) is 5.10 Å². The minimum atomic E-state index is 0. The van der Waals surface area contributed by atoms with Crippen molar-refractivity contribution in [2.75, 3.05) is 14.1 Å². The summed E-state index contributed by atoms with van der Waals surface area (Å²) >= 11 is 0. The maximum absolute atomic E-state index is 4.56. The van der Waals surface area contributed by atoms with Gasteiger partial charge in [-0.1, -0.05) is 13.8 Å². The molecule has 0 unspecified atom stereocenters. The van der Waals surface area contributed by atoms with Crippen LogP contribution in [0.5, 0.6) is 0 Å². The first-order chi connectivity index (χ1) is 11.3. The Kier molecular flexibility index (Phi) is 7.84. The summed E-state index contributed by atoms with van der Waals surface area (Å²) in [6.45, 7) is 7.59. The van der Waals surface area contributed by atoms with E-state index in [1.54, 1.807) is 7.05 Å². The number of aryl methyl sites for hydroxylation is 2. The summed E-state index contributed by atoms with van der Waals surface area (Å²) in [4.78, 5) is 6.45. The largest absolute Gasteiger partial charge is 0.349 e. The molecule has 25 heavy (non-hydrogen) atoms. The van der Waals surface area contributed by atoms with Crippen LogP contribution in [0.1, 0.15) is 42.7 Å². The van der Waals surface area contributed by atoms with Crippen LogP contribution in [0, 0.1) is 6.92 Å². The van der Waals surface area contributed by atoms with E-state index >= 15 is 0 Å². The molecule has 8 nitrogen and oxygen atoms in total. The molecule has 0 saturated carbocycles. The Bertz CT molecular complexity index is 716. The van der Waals surface area contributed by atoms with E-state index in [9.17, 15) is 0 Å². The zero-order valence-electron chi connectivity index (χ0n) is 16.1. The lowest BCUT2D eigenvalue weighted by Gasteiger charge is -2.22. The number of hydrogen-bond donors (Lipinski definition) is 1. The Morgan fingerprint density at radius 1 is 1.32 bits per heavy atom. The third kappa shape index (κ3) is 5.16. The molecule has 0 amide bonds. The first kappa shape index (κ1) is 21.4. The molecule has 0 aromatic carbocycles. The number of nitrogens with zero attached hydrogens (tertiary/aromatic N) is 7. The molecule has 0 aliphatic heterocycles. The van der Waals surface area contributed by atoms with Gasteiger partial charge in [0.1, 0.15) is 5.82 Å². The number of guanidine groups is 1. The van der Waals surface area contributed by atoms with Crippen LogP contribution in [0.15, 0.2) is 11.2 Å². The van der Waals surface area contributed by atoms with Gasteiger partial charge >= 0.3 is 0 Å². The molecule has 0 saturated heterocycles. The monoisotopic (exact) mass is 460 g/mol. The van der Waals surface area contributed by atoms with Gasteiger partial charge in [0.15, 0.2) is 11.8 Å². The molecule has 1 N–H and O–H groups in total. The number of halogens is 1. The Hall–Kier alpha value is -1.65. The molecule has 0 spiro atoms. The normalized spacial score (nSPS) is 11.6. The van der Waals surface area contributed by atoms with Crippen LogP contribution >= 0.6 is 24.0 Å². The third-order valence-electron chi connectivity index (χ3n) is 4.05. The summed E-state index contributed by atoms with van der Waals surface area (Å²) in [6, 6.07) is 0. The lowest BCUT2D eigenvalue weighted by Crippen LogP contribution is -2.38. The van der Waals surface area contributed by atoms with Crippen molar-refractivity contribution in [3.8, 4) is 0 Å². The van der Waals surface area contributed by atoms with Gasteiger partial charge in [-0.3, -0.25) is 9.67 Å². The summed E-state index contributed by atoms with van der Waals surface area (Å²) in [5.41, 5.74) is 2.34. The van der Waals surface area contributed by atoms with E-state index in [1.165, 1.54) is 5.56 Å². The zero-order chi connectivity index (χ0) is 17.9. The first-order valence-corrected chi connectivity index (χ1v) is 8.12. The highest BCUT2D eigenvalue weighted by molar-refractivity contribution is 14.0. The molecule has 140 valence electrons. The first-order valence-electron chi connectivity index (χ1n) is 8.12. The van der Waals surface area contributed by atoms with Crippen molar-refractivity contribution in [3.63, 3.8) is 0 Å². The average Bonchev–Trinajstić information content (AvgIpc) is 3.04. The van der Waals surface area contributed by atoms with Crippen molar-refractivity contribution in [2.45, 2.75) is 39.8 Å².